The summed E-state index contributed by atoms with van der Waals surface area (Å²) in [7, 11) is 0. The summed E-state index contributed by atoms with van der Waals surface area (Å²) < 4.78 is 5.49. The van der Waals surface area contributed by atoms with E-state index in [1.807, 2.05) is 0 Å². The van der Waals surface area contributed by atoms with Crippen molar-refractivity contribution in [3.63, 3.8) is 0 Å². The van der Waals surface area contributed by atoms with E-state index in [-0.39, 0.29) is 18.5 Å². The summed E-state index contributed by atoms with van der Waals surface area (Å²) >= 11 is 0. The number of carbonyl (C=O) groups excluding carboxylic acids is 2. The van der Waals surface area contributed by atoms with Gasteiger partial charge in [-0.2, -0.15) is 0 Å². The molecule has 2 atom stereocenters. The molecule has 0 bridgehead atoms. The number of esters is 1. The van der Waals surface area contributed by atoms with Crippen molar-refractivity contribution in [2.75, 3.05) is 13.2 Å². The molecular weight excluding hydrogens is 923 g/mol. The predicted molar refractivity (Wildman–Crippen MR) is 329 cm³/mol. The van der Waals surface area contributed by atoms with Crippen LogP contribution < -0.4 is 5.32 Å². The summed E-state index contributed by atoms with van der Waals surface area (Å²) in [5.41, 5.74) is 0. The highest BCUT2D eigenvalue weighted by Gasteiger charge is 2.20. The number of ether oxygens (including phenoxy) is 1. The zero-order chi connectivity index (χ0) is 54.3. The predicted octanol–water partition coefficient (Wildman–Crippen LogP) is 22.0. The molecular formula is C69H135NO5. The zero-order valence-corrected chi connectivity index (χ0v) is 51.1. The molecule has 0 aromatic heterocycles. The highest BCUT2D eigenvalue weighted by atomic mass is 16.5. The van der Waals surface area contributed by atoms with Crippen LogP contribution in [0.1, 0.15) is 393 Å². The minimum absolute atomic E-state index is 0.0110. The third-order valence-corrected chi connectivity index (χ3v) is 16.3. The smallest absolute Gasteiger partial charge is 0.305 e. The first-order valence-corrected chi connectivity index (χ1v) is 34.4. The summed E-state index contributed by atoms with van der Waals surface area (Å²) in [6.07, 6.45) is 79.7. The van der Waals surface area contributed by atoms with E-state index in [0.717, 1.165) is 44.9 Å². The van der Waals surface area contributed by atoms with Gasteiger partial charge in [0.2, 0.25) is 5.91 Å². The van der Waals surface area contributed by atoms with Crippen molar-refractivity contribution >= 4 is 11.9 Å². The molecule has 0 aliphatic carbocycles. The van der Waals surface area contributed by atoms with Crippen LogP contribution in [0, 0.1) is 0 Å². The maximum absolute atomic E-state index is 12.5. The Morgan fingerprint density at radius 3 is 0.947 bits per heavy atom. The second kappa shape index (κ2) is 65.1. The molecule has 0 aliphatic rings. The molecule has 0 fully saturated rings. The molecule has 0 heterocycles. The maximum Gasteiger partial charge on any atom is 0.305 e. The molecule has 0 aromatic carbocycles. The molecule has 1 amide bonds. The average molecular weight is 1060 g/mol. The van der Waals surface area contributed by atoms with Gasteiger partial charge in [0, 0.05) is 12.8 Å². The molecule has 75 heavy (non-hydrogen) atoms. The fourth-order valence-electron chi connectivity index (χ4n) is 11.1. The van der Waals surface area contributed by atoms with Crippen LogP contribution in [0.2, 0.25) is 0 Å². The van der Waals surface area contributed by atoms with Gasteiger partial charge in [0.1, 0.15) is 0 Å². The van der Waals surface area contributed by atoms with Crippen molar-refractivity contribution in [2.45, 2.75) is 405 Å². The van der Waals surface area contributed by atoms with E-state index in [1.54, 1.807) is 0 Å². The first-order chi connectivity index (χ1) is 37.0. The minimum Gasteiger partial charge on any atom is -0.466 e. The molecule has 0 aromatic rings. The van der Waals surface area contributed by atoms with Crippen molar-refractivity contribution in [3.8, 4) is 0 Å². The van der Waals surface area contributed by atoms with Crippen LogP contribution in [0.5, 0.6) is 0 Å². The minimum atomic E-state index is -0.662. The van der Waals surface area contributed by atoms with Crippen LogP contribution in [-0.2, 0) is 14.3 Å². The van der Waals surface area contributed by atoms with Gasteiger partial charge < -0.3 is 20.3 Å². The summed E-state index contributed by atoms with van der Waals surface area (Å²) in [5.74, 6) is -0.0177. The van der Waals surface area contributed by atoms with E-state index in [4.69, 9.17) is 4.74 Å². The van der Waals surface area contributed by atoms with Gasteiger partial charge in [-0.1, -0.05) is 341 Å². The fraction of sp³-hybridized carbons (Fsp3) is 0.942. The van der Waals surface area contributed by atoms with Crippen molar-refractivity contribution in [1.82, 2.24) is 5.32 Å². The van der Waals surface area contributed by atoms with Crippen LogP contribution in [-0.4, -0.2) is 47.4 Å². The maximum atomic E-state index is 12.5. The summed E-state index contributed by atoms with van der Waals surface area (Å²) in [6.45, 7) is 4.98. The number of aliphatic hydroxyl groups is 2. The van der Waals surface area contributed by atoms with Gasteiger partial charge in [-0.25, -0.2) is 0 Å². The molecule has 0 rings (SSSR count). The topological polar surface area (TPSA) is 95.9 Å². The standard InChI is InChI=1S/C69H135NO5/c1-3-5-7-9-11-13-15-17-19-34-37-41-45-49-53-57-61-67(72)66(65-71)70-68(73)62-58-54-50-46-42-38-35-31-29-27-25-23-21-20-22-24-26-28-30-32-36-40-44-48-52-56-60-64-75-69(74)63-59-55-51-47-43-39-33-18-16-14-12-10-8-6-4-2/h18,33,66-67,71-72H,3-17,19-32,34-65H2,1-2H3,(H,70,73)/b33-18-. The lowest BCUT2D eigenvalue weighted by Gasteiger charge is -2.22. The fourth-order valence-corrected chi connectivity index (χ4v) is 11.1. The van der Waals surface area contributed by atoms with Crippen molar-refractivity contribution < 1.29 is 24.5 Å². The lowest BCUT2D eigenvalue weighted by Crippen LogP contribution is -2.45. The lowest BCUT2D eigenvalue weighted by molar-refractivity contribution is -0.143. The molecule has 0 aliphatic heterocycles. The Labute approximate surface area is 469 Å². The van der Waals surface area contributed by atoms with E-state index in [0.29, 0.717) is 25.9 Å². The number of nitrogens with one attached hydrogen (secondary N) is 1. The Bertz CT molecular complexity index is 1130. The number of hydrogen-bond acceptors (Lipinski definition) is 5. The van der Waals surface area contributed by atoms with Gasteiger partial charge in [0.15, 0.2) is 0 Å². The number of aliphatic hydroxyl groups excluding tert-OH is 2. The Morgan fingerprint density at radius 1 is 0.360 bits per heavy atom. The van der Waals surface area contributed by atoms with Crippen LogP contribution in [0.3, 0.4) is 0 Å². The molecule has 0 radical (unpaired) electrons. The third kappa shape index (κ3) is 61.7. The largest absolute Gasteiger partial charge is 0.466 e. The second-order valence-electron chi connectivity index (χ2n) is 23.9. The van der Waals surface area contributed by atoms with Gasteiger partial charge in [-0.3, -0.25) is 9.59 Å². The highest BCUT2D eigenvalue weighted by Crippen LogP contribution is 2.19. The Hall–Kier alpha value is -1.40. The van der Waals surface area contributed by atoms with E-state index in [1.165, 1.54) is 315 Å². The Morgan fingerprint density at radius 2 is 0.627 bits per heavy atom. The molecule has 0 spiro atoms. The number of carbonyl (C=O) groups is 2. The normalized spacial score (nSPS) is 12.5. The molecule has 446 valence electrons. The molecule has 0 saturated heterocycles. The molecule has 3 N–H and O–H groups in total. The van der Waals surface area contributed by atoms with E-state index in [9.17, 15) is 19.8 Å². The van der Waals surface area contributed by atoms with Gasteiger partial charge in [-0.15, -0.1) is 0 Å². The molecule has 0 saturated carbocycles. The van der Waals surface area contributed by atoms with Crippen LogP contribution >= 0.6 is 0 Å². The van der Waals surface area contributed by atoms with Crippen LogP contribution in [0.15, 0.2) is 12.2 Å². The first kappa shape index (κ1) is 73.6. The van der Waals surface area contributed by atoms with Crippen molar-refractivity contribution in [3.05, 3.63) is 12.2 Å². The monoisotopic (exact) mass is 1060 g/mol. The van der Waals surface area contributed by atoms with Gasteiger partial charge in [0.05, 0.1) is 25.4 Å². The molecule has 2 unspecified atom stereocenters. The SMILES string of the molecule is CCCCCCCC/C=C\CCCCCCCC(=O)OCCCCCCCCCCCCCCCCCCCCCCCCCCCCCC(=O)NC(CO)C(O)CCCCCCCCCCCCCCCCCC. The third-order valence-electron chi connectivity index (χ3n) is 16.3. The molecule has 6 heteroatoms. The number of allylic oxidation sites excluding steroid dienone is 2. The summed E-state index contributed by atoms with van der Waals surface area (Å²) in [4.78, 5) is 24.6. The van der Waals surface area contributed by atoms with Crippen molar-refractivity contribution in [1.29, 1.82) is 0 Å². The number of unbranched alkanes of at least 4 members (excludes halogenated alkanes) is 52. The highest BCUT2D eigenvalue weighted by molar-refractivity contribution is 5.76. The quantitative estimate of drug-likeness (QED) is 0.0320. The lowest BCUT2D eigenvalue weighted by atomic mass is 10.0. The van der Waals surface area contributed by atoms with Gasteiger partial charge in [-0.05, 0) is 51.4 Å². The summed E-state index contributed by atoms with van der Waals surface area (Å²) in [5, 5.41) is 23.3. The van der Waals surface area contributed by atoms with Crippen LogP contribution in [0.4, 0.5) is 0 Å². The number of amides is 1. The van der Waals surface area contributed by atoms with E-state index >= 15 is 0 Å². The van der Waals surface area contributed by atoms with E-state index < -0.39 is 12.1 Å². The van der Waals surface area contributed by atoms with Crippen LogP contribution in [0.25, 0.3) is 0 Å². The zero-order valence-electron chi connectivity index (χ0n) is 51.1. The summed E-state index contributed by atoms with van der Waals surface area (Å²) in [6, 6.07) is -0.539. The van der Waals surface area contributed by atoms with Gasteiger partial charge >= 0.3 is 5.97 Å². The number of hydrogen-bond donors (Lipinski definition) is 3. The molecule has 6 nitrogen and oxygen atoms in total. The average Bonchev–Trinajstić information content (AvgIpc) is 3.41. The Kier molecular flexibility index (Phi) is 63.9. The Balaban J connectivity index is 3.34. The van der Waals surface area contributed by atoms with Crippen molar-refractivity contribution in [2.24, 2.45) is 0 Å². The first-order valence-electron chi connectivity index (χ1n) is 34.4. The number of rotatable bonds is 65. The van der Waals surface area contributed by atoms with E-state index in [2.05, 4.69) is 31.3 Å². The second-order valence-corrected chi connectivity index (χ2v) is 23.9. The van der Waals surface area contributed by atoms with Gasteiger partial charge in [0.25, 0.3) is 0 Å².